The summed E-state index contributed by atoms with van der Waals surface area (Å²) in [6.07, 6.45) is 0. The van der Waals surface area contributed by atoms with Crippen LogP contribution in [-0.4, -0.2) is 52.4 Å². The summed E-state index contributed by atoms with van der Waals surface area (Å²) in [5, 5.41) is 19.3. The molecule has 18 heavy (non-hydrogen) atoms. The third kappa shape index (κ3) is 8.21. The number of hydrogen-bond acceptors (Lipinski definition) is 5. The van der Waals surface area contributed by atoms with Crippen molar-refractivity contribution in [2.24, 2.45) is 10.7 Å². The summed E-state index contributed by atoms with van der Waals surface area (Å²) in [5.41, 5.74) is 5.31. The Labute approximate surface area is 107 Å². The summed E-state index contributed by atoms with van der Waals surface area (Å²) in [6.45, 7) is 0.726. The van der Waals surface area contributed by atoms with Crippen LogP contribution >= 0.6 is 11.9 Å². The minimum Gasteiger partial charge on any atom is -0.480 e. The molecule has 0 spiro atoms. The molecule has 0 fully saturated rings. The maximum atomic E-state index is 10.7. The SMILES string of the molecule is CC(=O)NC(CSNC(N)=NCC(=O)O)C(=O)O. The maximum absolute atomic E-state index is 10.7. The number of guanidine groups is 1. The average molecular weight is 278 g/mol. The van der Waals surface area contributed by atoms with E-state index in [0.29, 0.717) is 0 Å². The number of rotatable bonds is 7. The van der Waals surface area contributed by atoms with Crippen LogP contribution in [0, 0.1) is 0 Å². The van der Waals surface area contributed by atoms with Crippen LogP contribution in [0.5, 0.6) is 0 Å². The first-order valence-corrected chi connectivity index (χ1v) is 5.71. The van der Waals surface area contributed by atoms with Gasteiger partial charge in [0.1, 0.15) is 12.6 Å². The van der Waals surface area contributed by atoms with Crippen LogP contribution < -0.4 is 15.8 Å². The number of aliphatic carboxylic acids is 2. The van der Waals surface area contributed by atoms with Gasteiger partial charge in [0.2, 0.25) is 5.91 Å². The highest BCUT2D eigenvalue weighted by atomic mass is 32.2. The number of carbonyl (C=O) groups is 3. The number of amides is 1. The second-order valence-electron chi connectivity index (χ2n) is 3.10. The Balaban J connectivity index is 4.06. The van der Waals surface area contributed by atoms with Crippen LogP contribution in [0.4, 0.5) is 0 Å². The van der Waals surface area contributed by atoms with E-state index in [0.717, 1.165) is 11.9 Å². The Morgan fingerprint density at radius 1 is 1.39 bits per heavy atom. The van der Waals surface area contributed by atoms with E-state index in [1.54, 1.807) is 0 Å². The van der Waals surface area contributed by atoms with Gasteiger partial charge in [-0.3, -0.25) is 9.59 Å². The first-order chi connectivity index (χ1) is 8.32. The van der Waals surface area contributed by atoms with Crippen LogP contribution in [0.1, 0.15) is 6.92 Å². The van der Waals surface area contributed by atoms with Crippen molar-refractivity contribution in [2.45, 2.75) is 13.0 Å². The Kier molecular flexibility index (Phi) is 7.28. The van der Waals surface area contributed by atoms with Gasteiger partial charge in [0.05, 0.1) is 0 Å². The van der Waals surface area contributed by atoms with E-state index >= 15 is 0 Å². The van der Waals surface area contributed by atoms with Crippen molar-refractivity contribution in [2.75, 3.05) is 12.3 Å². The number of carboxylic acid groups (broad SMARTS) is 2. The summed E-state index contributed by atoms with van der Waals surface area (Å²) in [4.78, 5) is 35.1. The lowest BCUT2D eigenvalue weighted by atomic mass is 10.3. The molecule has 0 aliphatic heterocycles. The molecule has 0 radical (unpaired) electrons. The van der Waals surface area contributed by atoms with Gasteiger partial charge in [-0.25, -0.2) is 9.79 Å². The number of hydrogen-bond donors (Lipinski definition) is 5. The molecule has 0 saturated carbocycles. The van der Waals surface area contributed by atoms with Crippen molar-refractivity contribution in [3.8, 4) is 0 Å². The van der Waals surface area contributed by atoms with Gasteiger partial charge in [0.25, 0.3) is 0 Å². The van der Waals surface area contributed by atoms with Gasteiger partial charge < -0.3 is 26.0 Å². The highest BCUT2D eigenvalue weighted by Crippen LogP contribution is 1.98. The zero-order chi connectivity index (χ0) is 14.1. The van der Waals surface area contributed by atoms with E-state index in [4.69, 9.17) is 15.9 Å². The van der Waals surface area contributed by atoms with Crippen LogP contribution in [0.3, 0.4) is 0 Å². The molecule has 0 aromatic rings. The normalized spacial score (nSPS) is 12.6. The van der Waals surface area contributed by atoms with Gasteiger partial charge >= 0.3 is 11.9 Å². The fourth-order valence-electron chi connectivity index (χ4n) is 0.804. The Morgan fingerprint density at radius 3 is 2.44 bits per heavy atom. The van der Waals surface area contributed by atoms with Gasteiger partial charge in [0.15, 0.2) is 5.96 Å². The second kappa shape index (κ2) is 8.17. The molecule has 0 aromatic carbocycles. The van der Waals surface area contributed by atoms with Crippen LogP contribution in [0.2, 0.25) is 0 Å². The lowest BCUT2D eigenvalue weighted by Crippen LogP contribution is -2.42. The van der Waals surface area contributed by atoms with Crippen molar-refractivity contribution in [3.63, 3.8) is 0 Å². The van der Waals surface area contributed by atoms with Crippen LogP contribution in [0.15, 0.2) is 4.99 Å². The quantitative estimate of drug-likeness (QED) is 0.208. The van der Waals surface area contributed by atoms with Crippen molar-refractivity contribution in [1.29, 1.82) is 0 Å². The Bertz CT molecular complexity index is 359. The molecule has 0 heterocycles. The molecule has 9 nitrogen and oxygen atoms in total. The molecule has 1 atom stereocenters. The Morgan fingerprint density at radius 2 is 2.00 bits per heavy atom. The van der Waals surface area contributed by atoms with E-state index in [2.05, 4.69) is 15.0 Å². The minimum atomic E-state index is -1.18. The zero-order valence-electron chi connectivity index (χ0n) is 9.54. The number of nitrogens with one attached hydrogen (secondary N) is 2. The van der Waals surface area contributed by atoms with Crippen molar-refractivity contribution in [3.05, 3.63) is 0 Å². The molecule has 0 bridgehead atoms. The van der Waals surface area contributed by atoms with Crippen molar-refractivity contribution >= 4 is 35.8 Å². The van der Waals surface area contributed by atoms with E-state index in [9.17, 15) is 14.4 Å². The van der Waals surface area contributed by atoms with Gasteiger partial charge in [-0.2, -0.15) is 0 Å². The molecular weight excluding hydrogens is 264 g/mol. The third-order valence-electron chi connectivity index (χ3n) is 1.49. The molecule has 10 heteroatoms. The lowest BCUT2D eigenvalue weighted by molar-refractivity contribution is -0.140. The molecule has 0 saturated heterocycles. The highest BCUT2D eigenvalue weighted by molar-refractivity contribution is 7.98. The summed E-state index contributed by atoms with van der Waals surface area (Å²) < 4.78 is 2.46. The highest BCUT2D eigenvalue weighted by Gasteiger charge is 2.18. The second-order valence-corrected chi connectivity index (χ2v) is 3.93. The first-order valence-electron chi connectivity index (χ1n) is 4.72. The molecule has 102 valence electrons. The lowest BCUT2D eigenvalue weighted by Gasteiger charge is -2.12. The number of nitrogens with zero attached hydrogens (tertiary/aromatic N) is 1. The predicted molar refractivity (Wildman–Crippen MR) is 65.0 cm³/mol. The van der Waals surface area contributed by atoms with Gasteiger partial charge in [-0.1, -0.05) is 0 Å². The number of aliphatic imine (C=N–C) groups is 1. The van der Waals surface area contributed by atoms with E-state index in [1.807, 2.05) is 0 Å². The first kappa shape index (κ1) is 16.0. The third-order valence-corrected chi connectivity index (χ3v) is 2.34. The van der Waals surface area contributed by atoms with Crippen LogP contribution in [0.25, 0.3) is 0 Å². The molecule has 0 rings (SSSR count). The van der Waals surface area contributed by atoms with Gasteiger partial charge in [-0.05, 0) is 11.9 Å². The molecular formula is C8H14N4O5S. The maximum Gasteiger partial charge on any atom is 0.327 e. The number of nitrogens with two attached hydrogens (primary N) is 1. The topological polar surface area (TPSA) is 154 Å². The summed E-state index contributed by atoms with van der Waals surface area (Å²) in [5.74, 6) is -2.89. The molecule has 1 amide bonds. The van der Waals surface area contributed by atoms with E-state index in [-0.39, 0.29) is 11.7 Å². The summed E-state index contributed by atoms with van der Waals surface area (Å²) >= 11 is 0.897. The monoisotopic (exact) mass is 278 g/mol. The van der Waals surface area contributed by atoms with Crippen molar-refractivity contribution < 1.29 is 24.6 Å². The molecule has 1 unspecified atom stereocenters. The van der Waals surface area contributed by atoms with E-state index in [1.165, 1.54) is 6.92 Å². The van der Waals surface area contributed by atoms with Crippen LogP contribution in [-0.2, 0) is 14.4 Å². The summed E-state index contributed by atoms with van der Waals surface area (Å²) in [7, 11) is 0. The van der Waals surface area contributed by atoms with Gasteiger partial charge in [-0.15, -0.1) is 0 Å². The fraction of sp³-hybridized carbons (Fsp3) is 0.500. The molecule has 0 aliphatic carbocycles. The van der Waals surface area contributed by atoms with Crippen molar-refractivity contribution in [1.82, 2.24) is 10.0 Å². The largest absolute Gasteiger partial charge is 0.480 e. The zero-order valence-corrected chi connectivity index (χ0v) is 10.4. The molecule has 0 aliphatic rings. The average Bonchev–Trinajstić information content (AvgIpc) is 2.24. The standard InChI is InChI=1S/C8H14N4O5S/c1-4(13)11-5(7(16)17)3-18-12-8(9)10-2-6(14)15/h5H,2-3H2,1H3,(H,11,13)(H,14,15)(H,16,17)(H3,9,10,12). The molecule has 0 aromatic heterocycles. The Hall–Kier alpha value is -1.97. The predicted octanol–water partition coefficient (Wildman–Crippen LogP) is -1.79. The number of carboxylic acids is 2. The summed E-state index contributed by atoms with van der Waals surface area (Å²) in [6, 6.07) is -1.06. The smallest absolute Gasteiger partial charge is 0.327 e. The minimum absolute atomic E-state index is 0.0121. The van der Waals surface area contributed by atoms with E-state index < -0.39 is 30.4 Å². The molecule has 6 N–H and O–H groups in total. The fourth-order valence-corrected chi connectivity index (χ4v) is 1.49. The number of carbonyl (C=O) groups excluding carboxylic acids is 1. The van der Waals surface area contributed by atoms with Gasteiger partial charge in [0, 0.05) is 12.7 Å².